The lowest BCUT2D eigenvalue weighted by molar-refractivity contribution is 0.0687. The van der Waals surface area contributed by atoms with Crippen molar-refractivity contribution in [2.75, 3.05) is 0 Å². The van der Waals surface area contributed by atoms with Gasteiger partial charge in [-0.3, -0.25) is 0 Å². The van der Waals surface area contributed by atoms with E-state index in [4.69, 9.17) is 4.98 Å². The molecule has 1 N–H and O–H groups in total. The Morgan fingerprint density at radius 1 is 1.04 bits per heavy atom. The van der Waals surface area contributed by atoms with Gasteiger partial charge in [-0.1, -0.05) is 41.6 Å². The van der Waals surface area contributed by atoms with Gasteiger partial charge in [0.05, 0.1) is 17.6 Å². The van der Waals surface area contributed by atoms with E-state index in [1.54, 1.807) is 11.3 Å². The topological polar surface area (TPSA) is 80.9 Å². The standard InChI is InChI=1S/C21H16N4O2S/c26-21(27)18-12-22-24-25(18)14-10-8-13(9-11-14)15-4-1-2-5-16(15)20-23-17-6-3-7-19(17)28-20/h1-2,4-5,8-12H,3,6-7H2,(H,26,27). The molecule has 0 fully saturated rings. The van der Waals surface area contributed by atoms with Gasteiger partial charge in [0, 0.05) is 10.4 Å². The van der Waals surface area contributed by atoms with Crippen molar-refractivity contribution in [2.24, 2.45) is 0 Å². The molecule has 138 valence electrons. The highest BCUT2D eigenvalue weighted by Gasteiger charge is 2.19. The summed E-state index contributed by atoms with van der Waals surface area (Å²) in [6.07, 6.45) is 4.66. The first-order chi connectivity index (χ1) is 13.7. The molecular weight excluding hydrogens is 372 g/mol. The maximum Gasteiger partial charge on any atom is 0.356 e. The van der Waals surface area contributed by atoms with E-state index < -0.39 is 5.97 Å². The largest absolute Gasteiger partial charge is 0.476 e. The van der Waals surface area contributed by atoms with Crippen LogP contribution in [0.25, 0.3) is 27.4 Å². The van der Waals surface area contributed by atoms with Gasteiger partial charge in [-0.05, 0) is 42.5 Å². The van der Waals surface area contributed by atoms with Crippen molar-refractivity contribution in [1.29, 1.82) is 0 Å². The molecule has 2 aromatic carbocycles. The Morgan fingerprint density at radius 2 is 1.82 bits per heavy atom. The van der Waals surface area contributed by atoms with Gasteiger partial charge in [0.15, 0.2) is 5.69 Å². The minimum Gasteiger partial charge on any atom is -0.476 e. The van der Waals surface area contributed by atoms with E-state index >= 15 is 0 Å². The van der Waals surface area contributed by atoms with Gasteiger partial charge in [0.25, 0.3) is 0 Å². The lowest BCUT2D eigenvalue weighted by Crippen LogP contribution is -2.07. The Morgan fingerprint density at radius 3 is 2.57 bits per heavy atom. The van der Waals surface area contributed by atoms with Crippen LogP contribution in [0.5, 0.6) is 0 Å². The molecule has 0 spiro atoms. The Kier molecular flexibility index (Phi) is 4.02. The summed E-state index contributed by atoms with van der Waals surface area (Å²) in [6.45, 7) is 0. The van der Waals surface area contributed by atoms with Crippen molar-refractivity contribution in [3.05, 3.63) is 71.0 Å². The molecule has 1 aliphatic rings. The van der Waals surface area contributed by atoms with Gasteiger partial charge in [-0.2, -0.15) is 0 Å². The van der Waals surface area contributed by atoms with Crippen LogP contribution in [0.15, 0.2) is 54.7 Å². The third-order valence-electron chi connectivity index (χ3n) is 4.94. The fraction of sp³-hybridized carbons (Fsp3) is 0.143. The van der Waals surface area contributed by atoms with Gasteiger partial charge in [0.1, 0.15) is 5.01 Å². The predicted molar refractivity (Wildman–Crippen MR) is 107 cm³/mol. The lowest BCUT2D eigenvalue weighted by atomic mass is 10.00. The molecule has 0 saturated heterocycles. The number of aromatic nitrogens is 4. The fourth-order valence-corrected chi connectivity index (χ4v) is 4.77. The first-order valence-corrected chi connectivity index (χ1v) is 9.85. The van der Waals surface area contributed by atoms with E-state index in [1.807, 2.05) is 36.4 Å². The smallest absolute Gasteiger partial charge is 0.356 e. The number of hydrogen-bond donors (Lipinski definition) is 1. The number of hydrogen-bond acceptors (Lipinski definition) is 5. The first kappa shape index (κ1) is 16.8. The average molecular weight is 388 g/mol. The monoisotopic (exact) mass is 388 g/mol. The van der Waals surface area contributed by atoms with Crippen molar-refractivity contribution in [3.63, 3.8) is 0 Å². The Balaban J connectivity index is 1.53. The Bertz CT molecular complexity index is 1160. The maximum absolute atomic E-state index is 11.3. The van der Waals surface area contributed by atoms with Crippen molar-refractivity contribution >= 4 is 17.3 Å². The highest BCUT2D eigenvalue weighted by molar-refractivity contribution is 7.15. The van der Waals surface area contributed by atoms with Crippen LogP contribution in [0.2, 0.25) is 0 Å². The van der Waals surface area contributed by atoms with Crippen LogP contribution >= 0.6 is 11.3 Å². The van der Waals surface area contributed by atoms with Crippen molar-refractivity contribution in [2.45, 2.75) is 19.3 Å². The molecule has 0 amide bonds. The van der Waals surface area contributed by atoms with E-state index in [0.717, 1.165) is 34.5 Å². The van der Waals surface area contributed by atoms with Crippen LogP contribution in [0.3, 0.4) is 0 Å². The van der Waals surface area contributed by atoms with Crippen molar-refractivity contribution < 1.29 is 9.90 Å². The molecule has 0 bridgehead atoms. The number of carboxylic acids is 1. The zero-order valence-electron chi connectivity index (χ0n) is 14.9. The molecule has 0 aliphatic heterocycles. The number of carboxylic acid groups (broad SMARTS) is 1. The zero-order chi connectivity index (χ0) is 19.1. The molecule has 1 aliphatic carbocycles. The van der Waals surface area contributed by atoms with Crippen molar-refractivity contribution in [3.8, 4) is 27.4 Å². The summed E-state index contributed by atoms with van der Waals surface area (Å²) in [5, 5.41) is 17.9. The summed E-state index contributed by atoms with van der Waals surface area (Å²) < 4.78 is 1.32. The van der Waals surface area contributed by atoms with Crippen molar-refractivity contribution in [1.82, 2.24) is 20.0 Å². The number of fused-ring (bicyclic) bond motifs is 1. The van der Waals surface area contributed by atoms with E-state index in [2.05, 4.69) is 22.4 Å². The summed E-state index contributed by atoms with van der Waals surface area (Å²) in [5.41, 5.74) is 5.22. The molecule has 0 unspecified atom stereocenters. The van der Waals surface area contributed by atoms with Gasteiger partial charge in [0.2, 0.25) is 0 Å². The molecule has 7 heteroatoms. The number of benzene rings is 2. The number of aryl methyl sites for hydroxylation is 2. The summed E-state index contributed by atoms with van der Waals surface area (Å²) >= 11 is 1.79. The molecule has 6 nitrogen and oxygen atoms in total. The first-order valence-electron chi connectivity index (χ1n) is 9.03. The highest BCUT2D eigenvalue weighted by atomic mass is 32.1. The number of aromatic carboxylic acids is 1. The predicted octanol–water partition coefficient (Wildman–Crippen LogP) is 4.24. The van der Waals surface area contributed by atoms with E-state index in [9.17, 15) is 9.90 Å². The summed E-state index contributed by atoms with van der Waals surface area (Å²) in [4.78, 5) is 17.6. The number of thiazole rings is 1. The quantitative estimate of drug-likeness (QED) is 0.565. The minimum atomic E-state index is -1.06. The SMILES string of the molecule is O=C(O)c1cnnn1-c1ccc(-c2ccccc2-c2nc3c(s2)CCC3)cc1. The normalized spacial score (nSPS) is 12.9. The Hall–Kier alpha value is -3.32. The van der Waals surface area contributed by atoms with Crippen LogP contribution in [0.1, 0.15) is 27.5 Å². The third-order valence-corrected chi connectivity index (χ3v) is 6.14. The highest BCUT2D eigenvalue weighted by Crippen LogP contribution is 2.38. The molecule has 28 heavy (non-hydrogen) atoms. The maximum atomic E-state index is 11.3. The van der Waals surface area contributed by atoms with Gasteiger partial charge >= 0.3 is 5.97 Å². The summed E-state index contributed by atoms with van der Waals surface area (Å²) in [7, 11) is 0. The third kappa shape index (κ3) is 2.80. The molecule has 2 aromatic heterocycles. The van der Waals surface area contributed by atoms with E-state index in [1.165, 1.54) is 27.9 Å². The van der Waals surface area contributed by atoms with Gasteiger partial charge in [-0.25, -0.2) is 14.5 Å². The molecule has 0 atom stereocenters. The number of nitrogens with zero attached hydrogens (tertiary/aromatic N) is 4. The van der Waals surface area contributed by atoms with Crippen LogP contribution in [0.4, 0.5) is 0 Å². The van der Waals surface area contributed by atoms with E-state index in [0.29, 0.717) is 5.69 Å². The summed E-state index contributed by atoms with van der Waals surface area (Å²) in [6, 6.07) is 15.9. The second-order valence-electron chi connectivity index (χ2n) is 6.67. The zero-order valence-corrected chi connectivity index (χ0v) is 15.7. The van der Waals surface area contributed by atoms with Crippen LogP contribution in [0, 0.1) is 0 Å². The number of rotatable bonds is 4. The van der Waals surface area contributed by atoms with Crippen LogP contribution < -0.4 is 0 Å². The average Bonchev–Trinajstić information content (AvgIpc) is 3.44. The van der Waals surface area contributed by atoms with E-state index in [-0.39, 0.29) is 5.69 Å². The van der Waals surface area contributed by atoms with Gasteiger partial charge < -0.3 is 5.11 Å². The Labute approximate surface area is 165 Å². The molecular formula is C21H16N4O2S. The fourth-order valence-electron chi connectivity index (χ4n) is 3.58. The molecule has 4 aromatic rings. The second-order valence-corrected chi connectivity index (χ2v) is 7.75. The minimum absolute atomic E-state index is 0.0328. The molecule has 2 heterocycles. The lowest BCUT2D eigenvalue weighted by Gasteiger charge is -2.09. The van der Waals surface area contributed by atoms with Crippen LogP contribution in [-0.4, -0.2) is 31.1 Å². The molecule has 0 radical (unpaired) electrons. The summed E-state index contributed by atoms with van der Waals surface area (Å²) in [5.74, 6) is -1.06. The van der Waals surface area contributed by atoms with Gasteiger partial charge in [-0.15, -0.1) is 16.4 Å². The number of carbonyl (C=O) groups is 1. The molecule has 0 saturated carbocycles. The van der Waals surface area contributed by atoms with Crippen LogP contribution in [-0.2, 0) is 12.8 Å². The molecule has 5 rings (SSSR count). The second kappa shape index (κ2) is 6.69.